The van der Waals surface area contributed by atoms with Crippen molar-refractivity contribution in [1.29, 1.82) is 0 Å². The predicted octanol–water partition coefficient (Wildman–Crippen LogP) is 3.28. The van der Waals surface area contributed by atoms with Gasteiger partial charge in [0.2, 0.25) is 5.91 Å². The van der Waals surface area contributed by atoms with E-state index in [4.69, 9.17) is 0 Å². The number of hydrogen-bond donors (Lipinski definition) is 1. The first kappa shape index (κ1) is 23.0. The van der Waals surface area contributed by atoms with Gasteiger partial charge in [-0.25, -0.2) is 0 Å². The maximum atomic E-state index is 13.6. The zero-order chi connectivity index (χ0) is 23.3. The van der Waals surface area contributed by atoms with Crippen LogP contribution in [0.2, 0.25) is 0 Å². The average Bonchev–Trinajstić information content (AvgIpc) is 2.89. The number of nitrogens with zero attached hydrogens (tertiary/aromatic N) is 4. The number of amides is 2. The van der Waals surface area contributed by atoms with Gasteiger partial charge >= 0.3 is 0 Å². The third kappa shape index (κ3) is 4.99. The summed E-state index contributed by atoms with van der Waals surface area (Å²) in [6.07, 6.45) is 12.1. The summed E-state index contributed by atoms with van der Waals surface area (Å²) in [7, 11) is 0. The molecule has 2 aromatic heterocycles. The van der Waals surface area contributed by atoms with Crippen LogP contribution in [-0.2, 0) is 11.3 Å². The molecule has 34 heavy (non-hydrogen) atoms. The van der Waals surface area contributed by atoms with E-state index in [9.17, 15) is 9.59 Å². The van der Waals surface area contributed by atoms with Crippen molar-refractivity contribution in [2.24, 2.45) is 11.8 Å². The number of rotatable bonds is 7. The second-order valence-electron chi connectivity index (χ2n) is 9.99. The van der Waals surface area contributed by atoms with Crippen molar-refractivity contribution >= 4 is 11.8 Å². The van der Waals surface area contributed by atoms with Crippen LogP contribution in [0.1, 0.15) is 61.0 Å². The van der Waals surface area contributed by atoms with Crippen molar-refractivity contribution in [3.05, 3.63) is 60.2 Å². The Morgan fingerprint density at radius 3 is 2.74 bits per heavy atom. The molecule has 0 saturated carbocycles. The number of hydrogen-bond acceptors (Lipinski definition) is 5. The molecule has 3 aliphatic heterocycles. The first-order chi connectivity index (χ1) is 16.7. The smallest absolute Gasteiger partial charge is 0.255 e. The van der Waals surface area contributed by atoms with Gasteiger partial charge in [0.05, 0.1) is 17.8 Å². The fourth-order valence-corrected chi connectivity index (χ4v) is 6.51. The summed E-state index contributed by atoms with van der Waals surface area (Å²) in [6, 6.07) is 10.2. The Balaban J connectivity index is 1.26. The SMILES string of the molecule is O=C(CCC[C@@H]1[C@H]2CCCN3CCC[C@@H](CN1C(=O)c1cccnc1)[C@@H]23)NCc1ccccn1. The second-order valence-corrected chi connectivity index (χ2v) is 9.99. The highest BCUT2D eigenvalue weighted by molar-refractivity contribution is 5.94. The maximum Gasteiger partial charge on any atom is 0.255 e. The molecular formula is C27H35N5O2. The summed E-state index contributed by atoms with van der Waals surface area (Å²) in [5.74, 6) is 1.19. The Morgan fingerprint density at radius 1 is 1.06 bits per heavy atom. The zero-order valence-corrected chi connectivity index (χ0v) is 19.8. The van der Waals surface area contributed by atoms with Gasteiger partial charge in [-0.05, 0) is 87.7 Å². The van der Waals surface area contributed by atoms with E-state index in [1.54, 1.807) is 18.6 Å². The first-order valence-corrected chi connectivity index (χ1v) is 12.8. The summed E-state index contributed by atoms with van der Waals surface area (Å²) in [4.78, 5) is 39.4. The number of likely N-dealkylation sites (tertiary alicyclic amines) is 1. The van der Waals surface area contributed by atoms with Gasteiger partial charge in [-0.2, -0.15) is 0 Å². The maximum absolute atomic E-state index is 13.6. The summed E-state index contributed by atoms with van der Waals surface area (Å²) in [5.41, 5.74) is 1.53. The van der Waals surface area contributed by atoms with Crippen LogP contribution in [0.3, 0.4) is 0 Å². The van der Waals surface area contributed by atoms with E-state index in [2.05, 4.69) is 25.1 Å². The average molecular weight is 462 g/mol. The molecule has 0 bridgehead atoms. The quantitative estimate of drug-likeness (QED) is 0.685. The lowest BCUT2D eigenvalue weighted by Gasteiger charge is -2.57. The molecule has 0 aliphatic carbocycles. The minimum atomic E-state index is 0.0485. The Labute approximate surface area is 202 Å². The van der Waals surface area contributed by atoms with E-state index < -0.39 is 0 Å². The van der Waals surface area contributed by atoms with Gasteiger partial charge in [0, 0.05) is 43.6 Å². The van der Waals surface area contributed by atoms with Crippen LogP contribution in [0.4, 0.5) is 0 Å². The minimum Gasteiger partial charge on any atom is -0.350 e. The van der Waals surface area contributed by atoms with Gasteiger partial charge < -0.3 is 10.2 Å². The summed E-state index contributed by atoms with van der Waals surface area (Å²) in [5, 5.41) is 2.99. The monoisotopic (exact) mass is 461 g/mol. The molecule has 0 radical (unpaired) electrons. The largest absolute Gasteiger partial charge is 0.350 e. The minimum absolute atomic E-state index is 0.0485. The number of piperidine rings is 3. The molecule has 5 rings (SSSR count). The Bertz CT molecular complexity index is 968. The third-order valence-corrected chi connectivity index (χ3v) is 7.94. The highest BCUT2D eigenvalue weighted by Crippen LogP contribution is 2.43. The van der Waals surface area contributed by atoms with Crippen molar-refractivity contribution in [1.82, 2.24) is 25.1 Å². The molecule has 0 unspecified atom stereocenters. The van der Waals surface area contributed by atoms with E-state index in [1.165, 1.54) is 38.8 Å². The van der Waals surface area contributed by atoms with Crippen molar-refractivity contribution in [3.8, 4) is 0 Å². The molecule has 2 aromatic rings. The van der Waals surface area contributed by atoms with Crippen LogP contribution < -0.4 is 5.32 Å². The molecule has 3 saturated heterocycles. The number of pyridine rings is 2. The van der Waals surface area contributed by atoms with Gasteiger partial charge in [0.15, 0.2) is 0 Å². The lowest BCUT2D eigenvalue weighted by Crippen LogP contribution is -2.65. The van der Waals surface area contributed by atoms with Crippen molar-refractivity contribution < 1.29 is 9.59 Å². The lowest BCUT2D eigenvalue weighted by molar-refractivity contribution is -0.121. The lowest BCUT2D eigenvalue weighted by atomic mass is 9.69. The molecule has 5 heterocycles. The van der Waals surface area contributed by atoms with Crippen LogP contribution in [0, 0.1) is 11.8 Å². The molecule has 3 fully saturated rings. The fraction of sp³-hybridized carbons (Fsp3) is 0.556. The molecule has 7 heteroatoms. The van der Waals surface area contributed by atoms with Gasteiger partial charge in [-0.15, -0.1) is 0 Å². The highest BCUT2D eigenvalue weighted by atomic mass is 16.2. The first-order valence-electron chi connectivity index (χ1n) is 12.8. The molecule has 3 aliphatic rings. The second kappa shape index (κ2) is 10.6. The zero-order valence-electron chi connectivity index (χ0n) is 19.8. The standard InChI is InChI=1S/C27H35N5O2/c33-25(30-18-22-9-1-2-14-29-22)12-3-11-24-23-10-6-16-31-15-5-8-21(26(23)31)19-32(24)27(34)20-7-4-13-28-17-20/h1-2,4,7,9,13-14,17,21,23-24,26H,3,5-6,8,10-12,15-16,18-19H2,(H,30,33)/t21-,23+,24+,26-/m0/s1. The molecular weight excluding hydrogens is 426 g/mol. The fourth-order valence-electron chi connectivity index (χ4n) is 6.51. The number of carbonyl (C=O) groups is 2. The Hall–Kier alpha value is -2.80. The van der Waals surface area contributed by atoms with Crippen molar-refractivity contribution in [2.75, 3.05) is 19.6 Å². The topological polar surface area (TPSA) is 78.4 Å². The van der Waals surface area contributed by atoms with Crippen LogP contribution in [0.15, 0.2) is 48.9 Å². The Kier molecular flexibility index (Phi) is 7.19. The number of carbonyl (C=O) groups excluding carboxylic acids is 2. The van der Waals surface area contributed by atoms with Crippen molar-refractivity contribution in [3.63, 3.8) is 0 Å². The molecule has 0 spiro atoms. The normalized spacial score (nSPS) is 26.5. The van der Waals surface area contributed by atoms with Gasteiger partial charge in [0.25, 0.3) is 5.91 Å². The summed E-state index contributed by atoms with van der Waals surface area (Å²) >= 11 is 0. The van der Waals surface area contributed by atoms with Gasteiger partial charge in [-0.3, -0.25) is 24.5 Å². The molecule has 2 amide bonds. The number of aromatic nitrogens is 2. The molecule has 7 nitrogen and oxygen atoms in total. The number of nitrogens with one attached hydrogen (secondary N) is 1. The molecule has 4 atom stereocenters. The summed E-state index contributed by atoms with van der Waals surface area (Å²) < 4.78 is 0. The van der Waals surface area contributed by atoms with Crippen LogP contribution >= 0.6 is 0 Å². The van der Waals surface area contributed by atoms with Crippen LogP contribution in [0.25, 0.3) is 0 Å². The van der Waals surface area contributed by atoms with E-state index in [-0.39, 0.29) is 17.9 Å². The van der Waals surface area contributed by atoms with Crippen LogP contribution in [-0.4, -0.2) is 63.3 Å². The van der Waals surface area contributed by atoms with E-state index in [1.807, 2.05) is 30.3 Å². The van der Waals surface area contributed by atoms with E-state index in [0.717, 1.165) is 25.1 Å². The summed E-state index contributed by atoms with van der Waals surface area (Å²) in [6.45, 7) is 3.66. The van der Waals surface area contributed by atoms with E-state index in [0.29, 0.717) is 36.4 Å². The van der Waals surface area contributed by atoms with Crippen LogP contribution in [0.5, 0.6) is 0 Å². The molecule has 0 aromatic carbocycles. The van der Waals surface area contributed by atoms with Gasteiger partial charge in [0.1, 0.15) is 0 Å². The van der Waals surface area contributed by atoms with E-state index >= 15 is 0 Å². The third-order valence-electron chi connectivity index (χ3n) is 7.94. The predicted molar refractivity (Wildman–Crippen MR) is 130 cm³/mol. The molecule has 1 N–H and O–H groups in total. The highest BCUT2D eigenvalue weighted by Gasteiger charge is 2.49. The molecule has 180 valence electrons. The van der Waals surface area contributed by atoms with Crippen molar-refractivity contribution in [2.45, 2.75) is 63.6 Å². The Morgan fingerprint density at radius 2 is 1.94 bits per heavy atom. The van der Waals surface area contributed by atoms with Gasteiger partial charge in [-0.1, -0.05) is 6.07 Å².